The zero-order valence-electron chi connectivity index (χ0n) is 8.59. The fourth-order valence-corrected chi connectivity index (χ4v) is 1.70. The maximum Gasteiger partial charge on any atom is 0.292 e. The first-order chi connectivity index (χ1) is 7.11. The molecule has 4 heteroatoms. The van der Waals surface area contributed by atoms with Crippen LogP contribution in [0.1, 0.15) is 11.1 Å². The third-order valence-electron chi connectivity index (χ3n) is 2.39. The quantitative estimate of drug-likeness (QED) is 0.697. The number of benzene rings is 1. The molecule has 0 radical (unpaired) electrons. The van der Waals surface area contributed by atoms with Gasteiger partial charge in [0.2, 0.25) is 5.78 Å². The van der Waals surface area contributed by atoms with Gasteiger partial charge in [0.05, 0.1) is 12.8 Å². The Morgan fingerprint density at radius 2 is 2.07 bits per heavy atom. The maximum atomic E-state index is 11.2. The van der Waals surface area contributed by atoms with Gasteiger partial charge >= 0.3 is 0 Å². The average Bonchev–Trinajstić information content (AvgIpc) is 2.19. The zero-order chi connectivity index (χ0) is 11.0. The molecule has 1 N–H and O–H groups in total. The Morgan fingerprint density at radius 3 is 2.73 bits per heavy atom. The first kappa shape index (κ1) is 9.71. The molecule has 4 nitrogen and oxygen atoms in total. The first-order valence-corrected chi connectivity index (χ1v) is 4.63. The molecule has 0 saturated heterocycles. The fraction of sp³-hybridized carbons (Fsp3) is 0.273. The number of carbonyl (C=O) groups is 2. The van der Waals surface area contributed by atoms with Crippen molar-refractivity contribution in [1.29, 1.82) is 0 Å². The molecule has 0 fully saturated rings. The van der Waals surface area contributed by atoms with Crippen molar-refractivity contribution >= 4 is 17.4 Å². The predicted molar refractivity (Wildman–Crippen MR) is 55.1 cm³/mol. The number of hydrogen-bond donors (Lipinski definition) is 1. The molecule has 0 atom stereocenters. The number of hydrogen-bond acceptors (Lipinski definition) is 3. The van der Waals surface area contributed by atoms with Crippen molar-refractivity contribution in [2.45, 2.75) is 13.3 Å². The second-order valence-electron chi connectivity index (χ2n) is 3.56. The van der Waals surface area contributed by atoms with E-state index >= 15 is 0 Å². The number of aryl methyl sites for hydroxylation is 1. The first-order valence-electron chi connectivity index (χ1n) is 4.63. The number of methoxy groups -OCH3 is 1. The van der Waals surface area contributed by atoms with Gasteiger partial charge in [0, 0.05) is 6.42 Å². The van der Waals surface area contributed by atoms with Crippen molar-refractivity contribution in [2.24, 2.45) is 0 Å². The smallest absolute Gasteiger partial charge is 0.292 e. The molecule has 1 aliphatic heterocycles. The van der Waals surface area contributed by atoms with Crippen LogP contribution in [0.15, 0.2) is 12.1 Å². The van der Waals surface area contributed by atoms with Gasteiger partial charge in [-0.05, 0) is 24.1 Å². The molecule has 0 unspecified atom stereocenters. The van der Waals surface area contributed by atoms with E-state index in [2.05, 4.69) is 5.32 Å². The minimum atomic E-state index is -0.565. The lowest BCUT2D eigenvalue weighted by atomic mass is 9.99. The van der Waals surface area contributed by atoms with Gasteiger partial charge in [-0.25, -0.2) is 0 Å². The van der Waals surface area contributed by atoms with Crippen molar-refractivity contribution in [3.05, 3.63) is 23.3 Å². The van der Waals surface area contributed by atoms with Crippen molar-refractivity contribution < 1.29 is 14.3 Å². The van der Waals surface area contributed by atoms with E-state index in [0.717, 1.165) is 11.1 Å². The number of ether oxygens (including phenoxy) is 1. The van der Waals surface area contributed by atoms with Crippen molar-refractivity contribution in [1.82, 2.24) is 0 Å². The molecule has 0 spiro atoms. The van der Waals surface area contributed by atoms with Crippen LogP contribution in [0, 0.1) is 6.92 Å². The van der Waals surface area contributed by atoms with Crippen LogP contribution in [0.4, 0.5) is 5.69 Å². The predicted octanol–water partition coefficient (Wildman–Crippen LogP) is 1.07. The van der Waals surface area contributed by atoms with Gasteiger partial charge in [-0.2, -0.15) is 0 Å². The summed E-state index contributed by atoms with van der Waals surface area (Å²) in [5.74, 6) is -0.370. The summed E-state index contributed by atoms with van der Waals surface area (Å²) in [6, 6.07) is 3.71. The highest BCUT2D eigenvalue weighted by molar-refractivity contribution is 6.42. The summed E-state index contributed by atoms with van der Waals surface area (Å²) < 4.78 is 5.15. The molecule has 1 amide bonds. The van der Waals surface area contributed by atoms with Gasteiger partial charge in [-0.1, -0.05) is 6.07 Å². The molecule has 1 heterocycles. The Hall–Kier alpha value is -1.84. The van der Waals surface area contributed by atoms with E-state index in [0.29, 0.717) is 11.4 Å². The molecule has 0 saturated carbocycles. The number of amides is 1. The van der Waals surface area contributed by atoms with Crippen LogP contribution in [0.5, 0.6) is 5.75 Å². The molecular weight excluding hydrogens is 194 g/mol. The summed E-state index contributed by atoms with van der Waals surface area (Å²) in [4.78, 5) is 22.4. The van der Waals surface area contributed by atoms with Gasteiger partial charge in [0.1, 0.15) is 5.75 Å². The monoisotopic (exact) mass is 205 g/mol. The molecule has 0 bridgehead atoms. The molecule has 0 aliphatic carbocycles. The molecular formula is C11H11NO3. The Balaban J connectivity index is 2.56. The molecule has 78 valence electrons. The number of rotatable bonds is 1. The largest absolute Gasteiger partial charge is 0.495 e. The lowest BCUT2D eigenvalue weighted by molar-refractivity contribution is -0.134. The number of Topliss-reactive ketones (excluding diaryl/α,β-unsaturated/α-hetero) is 1. The van der Waals surface area contributed by atoms with E-state index in [9.17, 15) is 9.59 Å². The summed E-state index contributed by atoms with van der Waals surface area (Å²) in [6.07, 6.45) is 0.152. The van der Waals surface area contributed by atoms with Crippen LogP contribution < -0.4 is 10.1 Å². The topological polar surface area (TPSA) is 55.4 Å². The van der Waals surface area contributed by atoms with E-state index in [-0.39, 0.29) is 6.42 Å². The summed E-state index contributed by atoms with van der Waals surface area (Å²) in [5.41, 5.74) is 2.44. The van der Waals surface area contributed by atoms with Crippen LogP contribution in [0.3, 0.4) is 0 Å². The van der Waals surface area contributed by atoms with E-state index in [4.69, 9.17) is 4.74 Å². The van der Waals surface area contributed by atoms with Crippen LogP contribution in [-0.2, 0) is 16.0 Å². The van der Waals surface area contributed by atoms with Crippen LogP contribution in [0.2, 0.25) is 0 Å². The summed E-state index contributed by atoms with van der Waals surface area (Å²) in [6.45, 7) is 1.92. The Labute approximate surface area is 87.2 Å². The number of carbonyl (C=O) groups excluding carboxylic acids is 2. The highest BCUT2D eigenvalue weighted by Crippen LogP contribution is 2.32. The molecule has 1 aliphatic rings. The summed E-state index contributed by atoms with van der Waals surface area (Å²) >= 11 is 0. The Bertz CT molecular complexity index is 451. The minimum Gasteiger partial charge on any atom is -0.495 e. The van der Waals surface area contributed by atoms with E-state index < -0.39 is 11.7 Å². The highest BCUT2D eigenvalue weighted by Gasteiger charge is 2.25. The molecule has 15 heavy (non-hydrogen) atoms. The van der Waals surface area contributed by atoms with E-state index in [1.807, 2.05) is 19.1 Å². The summed E-state index contributed by atoms with van der Waals surface area (Å²) in [7, 11) is 1.54. The standard InChI is InChI=1S/C11H11NO3/c1-6-3-7-5-8(13)11(14)12-10(7)9(4-6)15-2/h3-4H,5H2,1-2H3,(H,12,14). The lowest BCUT2D eigenvalue weighted by Gasteiger charge is -2.19. The van der Waals surface area contributed by atoms with Gasteiger partial charge in [0.25, 0.3) is 5.91 Å². The number of fused-ring (bicyclic) bond motifs is 1. The van der Waals surface area contributed by atoms with Gasteiger partial charge < -0.3 is 10.1 Å². The molecule has 1 aromatic rings. The van der Waals surface area contributed by atoms with Crippen LogP contribution >= 0.6 is 0 Å². The molecule has 0 aromatic heterocycles. The second kappa shape index (κ2) is 3.38. The average molecular weight is 205 g/mol. The zero-order valence-corrected chi connectivity index (χ0v) is 8.59. The third-order valence-corrected chi connectivity index (χ3v) is 2.39. The van der Waals surface area contributed by atoms with Crippen molar-refractivity contribution in [3.8, 4) is 5.75 Å². The Morgan fingerprint density at radius 1 is 1.33 bits per heavy atom. The highest BCUT2D eigenvalue weighted by atomic mass is 16.5. The lowest BCUT2D eigenvalue weighted by Crippen LogP contribution is -2.30. The van der Waals surface area contributed by atoms with Gasteiger partial charge in [-0.15, -0.1) is 0 Å². The number of nitrogens with one attached hydrogen (secondary N) is 1. The fourth-order valence-electron chi connectivity index (χ4n) is 1.70. The van der Waals surface area contributed by atoms with Crippen molar-refractivity contribution in [2.75, 3.05) is 12.4 Å². The second-order valence-corrected chi connectivity index (χ2v) is 3.56. The molecule has 2 rings (SSSR count). The van der Waals surface area contributed by atoms with E-state index in [1.165, 1.54) is 7.11 Å². The number of anilines is 1. The molecule has 1 aromatic carbocycles. The van der Waals surface area contributed by atoms with Crippen molar-refractivity contribution in [3.63, 3.8) is 0 Å². The van der Waals surface area contributed by atoms with Gasteiger partial charge in [0.15, 0.2) is 0 Å². The Kier molecular flexibility index (Phi) is 2.19. The summed E-state index contributed by atoms with van der Waals surface area (Å²) in [5, 5.41) is 2.54. The SMILES string of the molecule is COc1cc(C)cc2c1NC(=O)C(=O)C2. The normalized spacial score (nSPS) is 14.5. The van der Waals surface area contributed by atoms with Crippen LogP contribution in [-0.4, -0.2) is 18.8 Å². The maximum absolute atomic E-state index is 11.2. The minimum absolute atomic E-state index is 0.152. The third kappa shape index (κ3) is 1.58. The van der Waals surface area contributed by atoms with Crippen LogP contribution in [0.25, 0.3) is 0 Å². The van der Waals surface area contributed by atoms with E-state index in [1.54, 1.807) is 0 Å². The van der Waals surface area contributed by atoms with Gasteiger partial charge in [-0.3, -0.25) is 9.59 Å². The number of ketones is 1.